The molecule has 0 radical (unpaired) electrons. The van der Waals surface area contributed by atoms with E-state index in [2.05, 4.69) is 6.58 Å². The molecule has 1 aliphatic carbocycles. The second-order valence-electron chi connectivity index (χ2n) is 3.41. The maximum absolute atomic E-state index is 11.1. The molecule has 0 amide bonds. The Kier molecular flexibility index (Phi) is 4.76. The van der Waals surface area contributed by atoms with Crippen molar-refractivity contribution in [3.05, 3.63) is 37.0 Å². The Morgan fingerprint density at radius 2 is 2.14 bits per heavy atom. The van der Waals surface area contributed by atoms with Crippen LogP contribution in [0.4, 0.5) is 0 Å². The maximum atomic E-state index is 11.1. The van der Waals surface area contributed by atoms with Gasteiger partial charge in [-0.3, -0.25) is 0 Å². The Morgan fingerprint density at radius 1 is 1.36 bits per heavy atom. The van der Waals surface area contributed by atoms with E-state index in [9.17, 15) is 4.79 Å². The van der Waals surface area contributed by atoms with E-state index in [-0.39, 0.29) is 5.97 Å². The standard InChI is InChI=1S/C12H16O2/c1-2-3-4-5-9-12(13)14-10-11-7-6-8-11/h2-5,9,11H,1,6-8,10H2/b4-3-,9-5+. The molecule has 0 spiro atoms. The fourth-order valence-corrected chi connectivity index (χ4v) is 1.18. The molecule has 1 fully saturated rings. The van der Waals surface area contributed by atoms with Gasteiger partial charge < -0.3 is 4.74 Å². The van der Waals surface area contributed by atoms with E-state index < -0.39 is 0 Å². The second kappa shape index (κ2) is 6.19. The number of ether oxygens (including phenoxy) is 1. The minimum atomic E-state index is -0.259. The molecule has 1 rings (SSSR count). The molecule has 0 aromatic heterocycles. The first-order chi connectivity index (χ1) is 6.83. The summed E-state index contributed by atoms with van der Waals surface area (Å²) in [5.41, 5.74) is 0. The molecule has 2 nitrogen and oxygen atoms in total. The molecule has 0 aromatic carbocycles. The van der Waals surface area contributed by atoms with Crippen LogP contribution in [0.2, 0.25) is 0 Å². The minimum Gasteiger partial charge on any atom is -0.462 e. The summed E-state index contributed by atoms with van der Waals surface area (Å²) in [6, 6.07) is 0. The average molecular weight is 192 g/mol. The Balaban J connectivity index is 2.11. The quantitative estimate of drug-likeness (QED) is 0.380. The van der Waals surface area contributed by atoms with E-state index in [0.717, 1.165) is 0 Å². The minimum absolute atomic E-state index is 0.259. The first-order valence-electron chi connectivity index (χ1n) is 4.95. The average Bonchev–Trinajstić information content (AvgIpc) is 2.10. The topological polar surface area (TPSA) is 26.3 Å². The molecule has 14 heavy (non-hydrogen) atoms. The predicted octanol–water partition coefficient (Wildman–Crippen LogP) is 2.63. The van der Waals surface area contributed by atoms with Crippen molar-refractivity contribution < 1.29 is 9.53 Å². The zero-order valence-electron chi connectivity index (χ0n) is 8.32. The monoisotopic (exact) mass is 192 g/mol. The van der Waals surface area contributed by atoms with Gasteiger partial charge in [-0.1, -0.05) is 37.3 Å². The zero-order chi connectivity index (χ0) is 10.2. The van der Waals surface area contributed by atoms with Gasteiger partial charge in [-0.05, 0) is 18.8 Å². The van der Waals surface area contributed by atoms with Crippen LogP contribution in [0.3, 0.4) is 0 Å². The van der Waals surface area contributed by atoms with Gasteiger partial charge in [-0.15, -0.1) is 0 Å². The number of hydrogen-bond donors (Lipinski definition) is 0. The molecular formula is C12H16O2. The Morgan fingerprint density at radius 3 is 2.71 bits per heavy atom. The lowest BCUT2D eigenvalue weighted by Crippen LogP contribution is -2.19. The van der Waals surface area contributed by atoms with Gasteiger partial charge in [0.05, 0.1) is 6.61 Å². The first-order valence-corrected chi connectivity index (χ1v) is 4.95. The molecule has 0 unspecified atom stereocenters. The second-order valence-corrected chi connectivity index (χ2v) is 3.41. The molecule has 0 aromatic rings. The van der Waals surface area contributed by atoms with Gasteiger partial charge in [-0.25, -0.2) is 4.79 Å². The van der Waals surface area contributed by atoms with E-state index in [1.807, 2.05) is 0 Å². The smallest absolute Gasteiger partial charge is 0.330 e. The number of carbonyl (C=O) groups is 1. The van der Waals surface area contributed by atoms with Gasteiger partial charge in [0, 0.05) is 6.08 Å². The number of carbonyl (C=O) groups excluding carboxylic acids is 1. The maximum Gasteiger partial charge on any atom is 0.330 e. The van der Waals surface area contributed by atoms with Gasteiger partial charge in [0.1, 0.15) is 0 Å². The molecule has 1 aliphatic rings. The Labute approximate surface area is 85.0 Å². The molecule has 0 saturated heterocycles. The van der Waals surface area contributed by atoms with Crippen molar-refractivity contribution >= 4 is 5.97 Å². The molecule has 0 N–H and O–H groups in total. The van der Waals surface area contributed by atoms with Gasteiger partial charge in [0.15, 0.2) is 0 Å². The van der Waals surface area contributed by atoms with Crippen molar-refractivity contribution in [3.8, 4) is 0 Å². The molecule has 2 heteroatoms. The normalized spacial score (nSPS) is 17.1. The summed E-state index contributed by atoms with van der Waals surface area (Å²) in [5, 5.41) is 0. The van der Waals surface area contributed by atoms with Gasteiger partial charge in [-0.2, -0.15) is 0 Å². The fourth-order valence-electron chi connectivity index (χ4n) is 1.18. The van der Waals surface area contributed by atoms with Gasteiger partial charge in [0.2, 0.25) is 0 Å². The SMILES string of the molecule is C=C/C=C\C=C\C(=O)OCC1CCC1. The van der Waals surface area contributed by atoms with Crippen molar-refractivity contribution in [1.29, 1.82) is 0 Å². The fraction of sp³-hybridized carbons (Fsp3) is 0.417. The summed E-state index contributed by atoms with van der Waals surface area (Å²) in [5.74, 6) is 0.349. The molecule has 0 heterocycles. The van der Waals surface area contributed by atoms with Crippen LogP contribution in [0.15, 0.2) is 37.0 Å². The summed E-state index contributed by atoms with van der Waals surface area (Å²) >= 11 is 0. The number of hydrogen-bond acceptors (Lipinski definition) is 2. The lowest BCUT2D eigenvalue weighted by atomic mass is 9.86. The first kappa shape index (κ1) is 10.8. The lowest BCUT2D eigenvalue weighted by Gasteiger charge is -2.24. The van der Waals surface area contributed by atoms with Crippen LogP contribution in [-0.4, -0.2) is 12.6 Å². The van der Waals surface area contributed by atoms with Crippen LogP contribution in [0.25, 0.3) is 0 Å². The highest BCUT2D eigenvalue weighted by atomic mass is 16.5. The van der Waals surface area contributed by atoms with E-state index >= 15 is 0 Å². The van der Waals surface area contributed by atoms with Crippen molar-refractivity contribution in [2.24, 2.45) is 5.92 Å². The summed E-state index contributed by atoms with van der Waals surface area (Å²) in [4.78, 5) is 11.1. The van der Waals surface area contributed by atoms with Gasteiger partial charge in [0.25, 0.3) is 0 Å². The highest BCUT2D eigenvalue weighted by Gasteiger charge is 2.18. The van der Waals surface area contributed by atoms with Crippen LogP contribution < -0.4 is 0 Å². The van der Waals surface area contributed by atoms with Crippen molar-refractivity contribution in [2.75, 3.05) is 6.61 Å². The summed E-state index contributed by atoms with van der Waals surface area (Å²) in [6.45, 7) is 4.10. The van der Waals surface area contributed by atoms with E-state index in [1.165, 1.54) is 25.3 Å². The zero-order valence-corrected chi connectivity index (χ0v) is 8.32. The lowest BCUT2D eigenvalue weighted by molar-refractivity contribution is -0.139. The molecular weight excluding hydrogens is 176 g/mol. The predicted molar refractivity (Wildman–Crippen MR) is 56.8 cm³/mol. The molecule has 0 bridgehead atoms. The third-order valence-electron chi connectivity index (χ3n) is 2.28. The third kappa shape index (κ3) is 4.08. The highest BCUT2D eigenvalue weighted by molar-refractivity contribution is 5.82. The number of esters is 1. The summed E-state index contributed by atoms with van der Waals surface area (Å²) in [6.07, 6.45) is 11.9. The number of allylic oxidation sites excluding steroid dienone is 4. The third-order valence-corrected chi connectivity index (χ3v) is 2.28. The summed E-state index contributed by atoms with van der Waals surface area (Å²) < 4.78 is 5.04. The van der Waals surface area contributed by atoms with Crippen molar-refractivity contribution in [1.82, 2.24) is 0 Å². The number of rotatable bonds is 5. The summed E-state index contributed by atoms with van der Waals surface area (Å²) in [7, 11) is 0. The van der Waals surface area contributed by atoms with Crippen molar-refractivity contribution in [2.45, 2.75) is 19.3 Å². The molecule has 0 atom stereocenters. The largest absolute Gasteiger partial charge is 0.462 e. The van der Waals surface area contributed by atoms with Gasteiger partial charge >= 0.3 is 5.97 Å². The van der Waals surface area contributed by atoms with Crippen LogP contribution in [0.5, 0.6) is 0 Å². The van der Waals surface area contributed by atoms with Crippen LogP contribution >= 0.6 is 0 Å². The van der Waals surface area contributed by atoms with E-state index in [1.54, 1.807) is 24.3 Å². The van der Waals surface area contributed by atoms with E-state index in [4.69, 9.17) is 4.74 Å². The molecule has 76 valence electrons. The Hall–Kier alpha value is -1.31. The molecule has 1 saturated carbocycles. The van der Waals surface area contributed by atoms with Crippen LogP contribution in [-0.2, 0) is 9.53 Å². The van der Waals surface area contributed by atoms with Crippen LogP contribution in [0.1, 0.15) is 19.3 Å². The Bertz CT molecular complexity index is 247. The highest BCUT2D eigenvalue weighted by Crippen LogP contribution is 2.26. The van der Waals surface area contributed by atoms with E-state index in [0.29, 0.717) is 12.5 Å². The van der Waals surface area contributed by atoms with Crippen LogP contribution in [0, 0.1) is 5.92 Å². The van der Waals surface area contributed by atoms with Crippen molar-refractivity contribution in [3.63, 3.8) is 0 Å². The molecule has 0 aliphatic heterocycles.